The van der Waals surface area contributed by atoms with Crippen LogP contribution in [0.15, 0.2) is 30.3 Å². The highest BCUT2D eigenvalue weighted by molar-refractivity contribution is 5.80. The van der Waals surface area contributed by atoms with E-state index in [1.165, 1.54) is 0 Å². The number of carbonyl (C=O) groups is 1. The summed E-state index contributed by atoms with van der Waals surface area (Å²) in [5, 5.41) is 0. The Bertz CT molecular complexity index is 400. The van der Waals surface area contributed by atoms with Gasteiger partial charge in [-0.1, -0.05) is 18.2 Å². The van der Waals surface area contributed by atoms with E-state index in [4.69, 9.17) is 4.74 Å². The average Bonchev–Trinajstić information content (AvgIpc) is 2.40. The van der Waals surface area contributed by atoms with Gasteiger partial charge in [-0.05, 0) is 38.8 Å². The van der Waals surface area contributed by atoms with Crippen LogP contribution >= 0.6 is 0 Å². The lowest BCUT2D eigenvalue weighted by atomic mass is 9.73. The van der Waals surface area contributed by atoms with Gasteiger partial charge in [0, 0.05) is 24.9 Å². The molecule has 0 aromatic heterocycles. The molecule has 3 nitrogen and oxygen atoms in total. The summed E-state index contributed by atoms with van der Waals surface area (Å²) >= 11 is 0. The lowest BCUT2D eigenvalue weighted by molar-refractivity contribution is -0.141. The highest BCUT2D eigenvalue weighted by Crippen LogP contribution is 2.36. The molecule has 1 aliphatic rings. The predicted octanol–water partition coefficient (Wildman–Crippen LogP) is 2.96. The van der Waals surface area contributed by atoms with Crippen LogP contribution in [0.3, 0.4) is 0 Å². The van der Waals surface area contributed by atoms with Crippen LogP contribution in [0, 0.1) is 11.8 Å². The number of amides is 1. The van der Waals surface area contributed by atoms with Crippen molar-refractivity contribution >= 4 is 5.91 Å². The third-order valence-electron chi connectivity index (χ3n) is 4.02. The molecule has 0 radical (unpaired) electrons. The summed E-state index contributed by atoms with van der Waals surface area (Å²) in [4.78, 5) is 14.2. The molecule has 0 saturated heterocycles. The van der Waals surface area contributed by atoms with Gasteiger partial charge in [0.1, 0.15) is 5.75 Å². The van der Waals surface area contributed by atoms with Crippen molar-refractivity contribution in [3.8, 4) is 5.75 Å². The molecule has 1 aromatic carbocycles. The fraction of sp³-hybridized carbons (Fsp3) is 0.562. The fourth-order valence-corrected chi connectivity index (χ4v) is 2.58. The first-order valence-electron chi connectivity index (χ1n) is 7.22. The number of carbonyl (C=O) groups excluding carboxylic acids is 1. The van der Waals surface area contributed by atoms with Crippen LogP contribution in [0.2, 0.25) is 0 Å². The maximum atomic E-state index is 12.3. The molecule has 104 valence electrons. The van der Waals surface area contributed by atoms with Gasteiger partial charge in [-0.2, -0.15) is 0 Å². The molecular formula is C16H23NO2. The van der Waals surface area contributed by atoms with Gasteiger partial charge in [-0.25, -0.2) is 0 Å². The van der Waals surface area contributed by atoms with E-state index in [-0.39, 0.29) is 5.92 Å². The molecule has 3 heteroatoms. The van der Waals surface area contributed by atoms with Gasteiger partial charge in [0.2, 0.25) is 5.91 Å². The molecule has 0 aliphatic heterocycles. The minimum atomic E-state index is 0.170. The largest absolute Gasteiger partial charge is 0.493 e. The Hall–Kier alpha value is -1.51. The normalized spacial score (nSPS) is 21.6. The first-order valence-corrected chi connectivity index (χ1v) is 7.22. The molecule has 0 bridgehead atoms. The SMILES string of the molecule is CCN(CC)C(=O)[C@H]1CC[C@@H]1COc1ccccc1. The standard InChI is InChI=1S/C16H23NO2/c1-3-17(4-2)16(18)15-11-10-13(15)12-19-14-8-6-5-7-9-14/h5-9,13,15H,3-4,10-12H2,1-2H3/t13-,15+/m1/s1. The van der Waals surface area contributed by atoms with Crippen molar-refractivity contribution in [2.24, 2.45) is 11.8 Å². The molecule has 1 saturated carbocycles. The molecule has 1 aromatic rings. The van der Waals surface area contributed by atoms with Gasteiger partial charge in [-0.15, -0.1) is 0 Å². The molecule has 2 atom stereocenters. The lowest BCUT2D eigenvalue weighted by Gasteiger charge is -2.38. The van der Waals surface area contributed by atoms with Crippen LogP contribution in [-0.2, 0) is 4.79 Å². The van der Waals surface area contributed by atoms with Crippen molar-refractivity contribution in [1.29, 1.82) is 0 Å². The minimum Gasteiger partial charge on any atom is -0.493 e. The van der Waals surface area contributed by atoms with E-state index in [0.717, 1.165) is 31.7 Å². The van der Waals surface area contributed by atoms with Crippen LogP contribution in [0.4, 0.5) is 0 Å². The number of hydrogen-bond acceptors (Lipinski definition) is 2. The summed E-state index contributed by atoms with van der Waals surface area (Å²) in [6.45, 7) is 6.34. The zero-order valence-corrected chi connectivity index (χ0v) is 11.8. The molecule has 19 heavy (non-hydrogen) atoms. The zero-order chi connectivity index (χ0) is 13.7. The van der Waals surface area contributed by atoms with Gasteiger partial charge in [0.15, 0.2) is 0 Å². The second kappa shape index (κ2) is 6.60. The fourth-order valence-electron chi connectivity index (χ4n) is 2.58. The highest BCUT2D eigenvalue weighted by Gasteiger charge is 2.38. The number of hydrogen-bond donors (Lipinski definition) is 0. The van der Waals surface area contributed by atoms with Crippen molar-refractivity contribution in [3.05, 3.63) is 30.3 Å². The number of para-hydroxylation sites is 1. The van der Waals surface area contributed by atoms with Crippen LogP contribution in [-0.4, -0.2) is 30.5 Å². The van der Waals surface area contributed by atoms with Crippen LogP contribution in [0.5, 0.6) is 5.75 Å². The topological polar surface area (TPSA) is 29.5 Å². The Morgan fingerprint density at radius 2 is 1.89 bits per heavy atom. The number of rotatable bonds is 6. The van der Waals surface area contributed by atoms with E-state index in [9.17, 15) is 4.79 Å². The van der Waals surface area contributed by atoms with E-state index >= 15 is 0 Å². The Morgan fingerprint density at radius 3 is 2.42 bits per heavy atom. The summed E-state index contributed by atoms with van der Waals surface area (Å²) in [5.74, 6) is 1.75. The monoisotopic (exact) mass is 261 g/mol. The minimum absolute atomic E-state index is 0.170. The Labute approximate surface area is 115 Å². The van der Waals surface area contributed by atoms with Crippen LogP contribution < -0.4 is 4.74 Å². The highest BCUT2D eigenvalue weighted by atomic mass is 16.5. The van der Waals surface area contributed by atoms with Gasteiger partial charge < -0.3 is 9.64 Å². The molecule has 0 N–H and O–H groups in total. The number of nitrogens with zero attached hydrogens (tertiary/aromatic N) is 1. The first-order chi connectivity index (χ1) is 9.26. The molecule has 1 fully saturated rings. The van der Waals surface area contributed by atoms with Gasteiger partial charge >= 0.3 is 0 Å². The maximum absolute atomic E-state index is 12.3. The van der Waals surface area contributed by atoms with Crippen molar-refractivity contribution < 1.29 is 9.53 Å². The number of ether oxygens (including phenoxy) is 1. The predicted molar refractivity (Wildman–Crippen MR) is 76.1 cm³/mol. The average molecular weight is 261 g/mol. The van der Waals surface area contributed by atoms with Gasteiger partial charge in [0.05, 0.1) is 6.61 Å². The van der Waals surface area contributed by atoms with Gasteiger partial charge in [-0.3, -0.25) is 4.79 Å². The van der Waals surface area contributed by atoms with Crippen LogP contribution in [0.1, 0.15) is 26.7 Å². The molecule has 0 unspecified atom stereocenters. The second-order valence-electron chi connectivity index (χ2n) is 5.08. The van der Waals surface area contributed by atoms with E-state index in [1.54, 1.807) is 0 Å². The molecule has 2 rings (SSSR count). The lowest BCUT2D eigenvalue weighted by Crippen LogP contribution is -2.45. The smallest absolute Gasteiger partial charge is 0.226 e. The van der Waals surface area contributed by atoms with Gasteiger partial charge in [0.25, 0.3) is 0 Å². The molecular weight excluding hydrogens is 238 g/mol. The first kappa shape index (κ1) is 13.9. The van der Waals surface area contributed by atoms with Crippen molar-refractivity contribution in [1.82, 2.24) is 4.90 Å². The zero-order valence-electron chi connectivity index (χ0n) is 11.8. The summed E-state index contributed by atoms with van der Waals surface area (Å²) in [7, 11) is 0. The summed E-state index contributed by atoms with van der Waals surface area (Å²) < 4.78 is 5.77. The summed E-state index contributed by atoms with van der Waals surface area (Å²) in [6, 6.07) is 9.83. The summed E-state index contributed by atoms with van der Waals surface area (Å²) in [6.07, 6.45) is 2.11. The maximum Gasteiger partial charge on any atom is 0.226 e. The Kier molecular flexibility index (Phi) is 4.83. The third kappa shape index (κ3) is 3.28. The molecule has 0 heterocycles. The molecule has 0 spiro atoms. The molecule has 1 aliphatic carbocycles. The third-order valence-corrected chi connectivity index (χ3v) is 4.02. The van der Waals surface area contributed by atoms with E-state index in [0.29, 0.717) is 18.4 Å². The van der Waals surface area contributed by atoms with E-state index in [1.807, 2.05) is 49.1 Å². The van der Waals surface area contributed by atoms with Crippen molar-refractivity contribution in [3.63, 3.8) is 0 Å². The molecule has 1 amide bonds. The van der Waals surface area contributed by atoms with Crippen molar-refractivity contribution in [2.75, 3.05) is 19.7 Å². The van der Waals surface area contributed by atoms with Crippen molar-refractivity contribution in [2.45, 2.75) is 26.7 Å². The number of benzene rings is 1. The Balaban J connectivity index is 1.84. The Morgan fingerprint density at radius 1 is 1.21 bits per heavy atom. The summed E-state index contributed by atoms with van der Waals surface area (Å²) in [5.41, 5.74) is 0. The van der Waals surface area contributed by atoms with E-state index < -0.39 is 0 Å². The van der Waals surface area contributed by atoms with Crippen LogP contribution in [0.25, 0.3) is 0 Å². The van der Waals surface area contributed by atoms with E-state index in [2.05, 4.69) is 0 Å². The quantitative estimate of drug-likeness (QED) is 0.788. The second-order valence-corrected chi connectivity index (χ2v) is 5.08.